The minimum Gasteiger partial charge on any atom is -0.497 e. The van der Waals surface area contributed by atoms with Crippen molar-refractivity contribution in [3.63, 3.8) is 0 Å². The molecule has 1 N–H and O–H groups in total. The van der Waals surface area contributed by atoms with Crippen molar-refractivity contribution >= 4 is 21.8 Å². The molecule has 1 amide bonds. The van der Waals surface area contributed by atoms with Crippen molar-refractivity contribution in [2.75, 3.05) is 14.2 Å². The summed E-state index contributed by atoms with van der Waals surface area (Å²) in [6, 6.07) is 8.70. The van der Waals surface area contributed by atoms with Gasteiger partial charge >= 0.3 is 0 Å². The van der Waals surface area contributed by atoms with E-state index in [1.165, 1.54) is 0 Å². The molecule has 5 nitrogen and oxygen atoms in total. The highest BCUT2D eigenvalue weighted by Crippen LogP contribution is 2.24. The minimum atomic E-state index is -0.284. The molecule has 0 saturated carbocycles. The molecule has 0 spiro atoms. The van der Waals surface area contributed by atoms with Gasteiger partial charge in [-0.3, -0.25) is 4.79 Å². The van der Waals surface area contributed by atoms with Crippen molar-refractivity contribution in [2.45, 2.75) is 6.54 Å². The number of rotatable bonds is 5. The quantitative estimate of drug-likeness (QED) is 0.909. The molecule has 0 aliphatic carbocycles. The van der Waals surface area contributed by atoms with E-state index in [9.17, 15) is 4.79 Å². The number of ether oxygens (including phenoxy) is 2. The van der Waals surface area contributed by atoms with Crippen molar-refractivity contribution in [1.82, 2.24) is 5.32 Å². The van der Waals surface area contributed by atoms with Crippen molar-refractivity contribution < 1.29 is 18.7 Å². The van der Waals surface area contributed by atoms with E-state index in [2.05, 4.69) is 21.2 Å². The first kappa shape index (κ1) is 14.5. The van der Waals surface area contributed by atoms with Crippen LogP contribution < -0.4 is 14.8 Å². The molecule has 2 aromatic rings. The van der Waals surface area contributed by atoms with Crippen LogP contribution in [0.2, 0.25) is 0 Å². The number of benzene rings is 1. The van der Waals surface area contributed by atoms with Crippen molar-refractivity contribution in [3.05, 3.63) is 46.3 Å². The number of nitrogens with one attached hydrogen (secondary N) is 1. The summed E-state index contributed by atoms with van der Waals surface area (Å²) in [5.74, 6) is 1.33. The van der Waals surface area contributed by atoms with Crippen LogP contribution in [-0.4, -0.2) is 20.1 Å². The Morgan fingerprint density at radius 1 is 1.25 bits per heavy atom. The zero-order chi connectivity index (χ0) is 14.5. The topological polar surface area (TPSA) is 60.7 Å². The normalized spacial score (nSPS) is 10.2. The summed E-state index contributed by atoms with van der Waals surface area (Å²) in [5.41, 5.74) is 0.854. The fourth-order valence-corrected chi connectivity index (χ4v) is 2.00. The Labute approximate surface area is 125 Å². The number of carbonyl (C=O) groups is 1. The molecule has 0 bridgehead atoms. The van der Waals surface area contributed by atoms with E-state index < -0.39 is 0 Å². The molecule has 106 valence electrons. The first-order valence-electron chi connectivity index (χ1n) is 5.88. The maximum Gasteiger partial charge on any atom is 0.287 e. The van der Waals surface area contributed by atoms with Gasteiger partial charge in [0.1, 0.15) is 11.5 Å². The lowest BCUT2D eigenvalue weighted by Gasteiger charge is -2.10. The summed E-state index contributed by atoms with van der Waals surface area (Å²) < 4.78 is 16.1. The third kappa shape index (κ3) is 3.33. The van der Waals surface area contributed by atoms with E-state index in [4.69, 9.17) is 13.9 Å². The third-order valence-corrected chi connectivity index (χ3v) is 3.16. The van der Waals surface area contributed by atoms with Crippen LogP contribution in [0.1, 0.15) is 16.1 Å². The Kier molecular flexibility index (Phi) is 4.68. The van der Waals surface area contributed by atoms with Crippen molar-refractivity contribution in [2.24, 2.45) is 0 Å². The van der Waals surface area contributed by atoms with Gasteiger partial charge in [-0.15, -0.1) is 0 Å². The van der Waals surface area contributed by atoms with E-state index in [1.54, 1.807) is 32.4 Å². The Morgan fingerprint density at radius 3 is 2.65 bits per heavy atom. The fourth-order valence-electron chi connectivity index (χ4n) is 1.70. The maximum atomic E-state index is 11.9. The van der Waals surface area contributed by atoms with E-state index in [1.807, 2.05) is 12.1 Å². The maximum absolute atomic E-state index is 11.9. The summed E-state index contributed by atoms with van der Waals surface area (Å²) in [6.07, 6.45) is 0. The van der Waals surface area contributed by atoms with Crippen molar-refractivity contribution in [1.29, 1.82) is 0 Å². The molecule has 1 aromatic heterocycles. The second kappa shape index (κ2) is 6.47. The largest absolute Gasteiger partial charge is 0.497 e. The number of methoxy groups -OCH3 is 2. The van der Waals surface area contributed by atoms with Crippen LogP contribution in [0.5, 0.6) is 11.5 Å². The average Bonchev–Trinajstić information content (AvgIpc) is 2.91. The molecule has 0 aliphatic heterocycles. The molecule has 20 heavy (non-hydrogen) atoms. The summed E-state index contributed by atoms with van der Waals surface area (Å²) in [5, 5.41) is 2.77. The van der Waals surface area contributed by atoms with Crippen LogP contribution in [0, 0.1) is 0 Å². The number of carbonyl (C=O) groups excluding carboxylic acids is 1. The van der Waals surface area contributed by atoms with Gasteiger partial charge in [-0.25, -0.2) is 0 Å². The van der Waals surface area contributed by atoms with Crippen LogP contribution in [0.3, 0.4) is 0 Å². The Bertz CT molecular complexity index is 609. The standard InChI is InChI=1S/C14H14BrNO4/c1-18-10-4-3-9(12(7-10)19-2)8-16-14(17)11-5-6-13(15)20-11/h3-7H,8H2,1-2H3,(H,16,17). The molecule has 0 radical (unpaired) electrons. The van der Waals surface area contributed by atoms with E-state index >= 15 is 0 Å². The number of hydrogen-bond donors (Lipinski definition) is 1. The van der Waals surface area contributed by atoms with Gasteiger partial charge in [0.25, 0.3) is 5.91 Å². The monoisotopic (exact) mass is 339 g/mol. The van der Waals surface area contributed by atoms with Gasteiger partial charge in [0.15, 0.2) is 10.4 Å². The highest BCUT2D eigenvalue weighted by atomic mass is 79.9. The van der Waals surface area contributed by atoms with Crippen molar-refractivity contribution in [3.8, 4) is 11.5 Å². The smallest absolute Gasteiger partial charge is 0.287 e. The van der Waals surface area contributed by atoms with Gasteiger partial charge in [-0.2, -0.15) is 0 Å². The lowest BCUT2D eigenvalue weighted by atomic mass is 10.2. The molecule has 0 saturated heterocycles. The number of furan rings is 1. The minimum absolute atomic E-state index is 0.254. The van der Waals surface area contributed by atoms with Gasteiger partial charge in [-0.05, 0) is 40.2 Å². The predicted molar refractivity (Wildman–Crippen MR) is 77.1 cm³/mol. The lowest BCUT2D eigenvalue weighted by Crippen LogP contribution is -2.22. The van der Waals surface area contributed by atoms with Crippen LogP contribution in [0.15, 0.2) is 39.4 Å². The average molecular weight is 340 g/mol. The van der Waals surface area contributed by atoms with Crippen LogP contribution in [0.25, 0.3) is 0 Å². The van der Waals surface area contributed by atoms with E-state index in [0.29, 0.717) is 22.7 Å². The van der Waals surface area contributed by atoms with Crippen LogP contribution >= 0.6 is 15.9 Å². The number of hydrogen-bond acceptors (Lipinski definition) is 4. The van der Waals surface area contributed by atoms with Gasteiger partial charge in [0.05, 0.1) is 14.2 Å². The molecule has 1 aromatic carbocycles. The fraction of sp³-hybridized carbons (Fsp3) is 0.214. The summed E-state index contributed by atoms with van der Waals surface area (Å²) in [7, 11) is 3.16. The van der Waals surface area contributed by atoms with Gasteiger partial charge in [-0.1, -0.05) is 0 Å². The predicted octanol–water partition coefficient (Wildman–Crippen LogP) is 2.99. The van der Waals surface area contributed by atoms with Gasteiger partial charge < -0.3 is 19.2 Å². The zero-order valence-corrected chi connectivity index (χ0v) is 12.7. The highest BCUT2D eigenvalue weighted by Gasteiger charge is 2.11. The Balaban J connectivity index is 2.05. The van der Waals surface area contributed by atoms with Crippen LogP contribution in [0.4, 0.5) is 0 Å². The Morgan fingerprint density at radius 2 is 2.05 bits per heavy atom. The molecule has 6 heteroatoms. The zero-order valence-electron chi connectivity index (χ0n) is 11.1. The highest BCUT2D eigenvalue weighted by molar-refractivity contribution is 9.10. The summed E-state index contributed by atoms with van der Waals surface area (Å²) >= 11 is 3.15. The molecule has 0 aliphatic rings. The van der Waals surface area contributed by atoms with Crippen LogP contribution in [-0.2, 0) is 6.54 Å². The number of halogens is 1. The van der Waals surface area contributed by atoms with Gasteiger partial charge in [0.2, 0.25) is 0 Å². The molecular formula is C14H14BrNO4. The van der Waals surface area contributed by atoms with E-state index in [0.717, 1.165) is 5.56 Å². The molecular weight excluding hydrogens is 326 g/mol. The first-order valence-corrected chi connectivity index (χ1v) is 6.67. The molecule has 1 heterocycles. The molecule has 2 rings (SSSR count). The van der Waals surface area contributed by atoms with E-state index in [-0.39, 0.29) is 11.7 Å². The summed E-state index contributed by atoms with van der Waals surface area (Å²) in [4.78, 5) is 11.9. The second-order valence-electron chi connectivity index (χ2n) is 3.96. The molecule has 0 unspecified atom stereocenters. The lowest BCUT2D eigenvalue weighted by molar-refractivity contribution is 0.0921. The third-order valence-electron chi connectivity index (χ3n) is 2.73. The SMILES string of the molecule is COc1ccc(CNC(=O)c2ccc(Br)o2)c(OC)c1. The Hall–Kier alpha value is -1.95. The number of amides is 1. The molecule has 0 atom stereocenters. The summed E-state index contributed by atoms with van der Waals surface area (Å²) in [6.45, 7) is 0.338. The second-order valence-corrected chi connectivity index (χ2v) is 4.75. The molecule has 0 fully saturated rings. The van der Waals surface area contributed by atoms with Gasteiger partial charge in [0, 0.05) is 18.2 Å². The first-order chi connectivity index (χ1) is 9.63.